The SMILES string of the molecule is C[C@H]1CNCCN1c1ncnc2c1c(-c1ccccc1)cn2-c1cnn(C)c1. The molecule has 142 valence electrons. The van der Waals surface area contributed by atoms with Gasteiger partial charge in [0.05, 0.1) is 17.3 Å². The van der Waals surface area contributed by atoms with Gasteiger partial charge in [-0.25, -0.2) is 9.97 Å². The molecule has 7 nitrogen and oxygen atoms in total. The molecule has 1 aliphatic heterocycles. The predicted molar refractivity (Wildman–Crippen MR) is 111 cm³/mol. The van der Waals surface area contributed by atoms with Crippen molar-refractivity contribution < 1.29 is 0 Å². The van der Waals surface area contributed by atoms with Crippen LogP contribution in [0.15, 0.2) is 55.2 Å². The number of hydrogen-bond acceptors (Lipinski definition) is 5. The number of piperazine rings is 1. The van der Waals surface area contributed by atoms with Crippen molar-refractivity contribution in [3.63, 3.8) is 0 Å². The Bertz CT molecular complexity index is 1110. The fraction of sp³-hybridized carbons (Fsp3) is 0.286. The molecule has 0 amide bonds. The average molecular weight is 373 g/mol. The highest BCUT2D eigenvalue weighted by atomic mass is 15.3. The first-order chi connectivity index (χ1) is 13.7. The molecule has 3 aromatic heterocycles. The van der Waals surface area contributed by atoms with E-state index in [1.54, 1.807) is 6.33 Å². The number of nitrogens with one attached hydrogen (secondary N) is 1. The van der Waals surface area contributed by atoms with E-state index >= 15 is 0 Å². The Hall–Kier alpha value is -3.19. The van der Waals surface area contributed by atoms with E-state index in [-0.39, 0.29) is 0 Å². The number of rotatable bonds is 3. The molecule has 0 aliphatic carbocycles. The van der Waals surface area contributed by atoms with Gasteiger partial charge >= 0.3 is 0 Å². The Labute approximate surface area is 163 Å². The van der Waals surface area contributed by atoms with E-state index in [9.17, 15) is 0 Å². The zero-order valence-corrected chi connectivity index (χ0v) is 16.1. The van der Waals surface area contributed by atoms with Gasteiger partial charge in [-0.3, -0.25) is 9.25 Å². The first-order valence-electron chi connectivity index (χ1n) is 9.60. The Morgan fingerprint density at radius 1 is 1.11 bits per heavy atom. The fourth-order valence-corrected chi connectivity index (χ4v) is 3.99. The molecule has 1 aliphatic rings. The smallest absolute Gasteiger partial charge is 0.150 e. The summed E-state index contributed by atoms with van der Waals surface area (Å²) in [5.74, 6) is 1.00. The highest BCUT2D eigenvalue weighted by Crippen LogP contribution is 2.37. The molecule has 1 N–H and O–H groups in total. The Balaban J connectivity index is 1.79. The third-order valence-corrected chi connectivity index (χ3v) is 5.39. The second kappa shape index (κ2) is 6.76. The van der Waals surface area contributed by atoms with Crippen LogP contribution < -0.4 is 10.2 Å². The first kappa shape index (κ1) is 16.9. The maximum absolute atomic E-state index is 4.73. The Morgan fingerprint density at radius 2 is 1.96 bits per heavy atom. The van der Waals surface area contributed by atoms with E-state index in [1.807, 2.05) is 30.2 Å². The zero-order valence-electron chi connectivity index (χ0n) is 16.1. The van der Waals surface area contributed by atoms with Gasteiger partial charge in [-0.2, -0.15) is 5.10 Å². The van der Waals surface area contributed by atoms with Crippen molar-refractivity contribution in [3.05, 3.63) is 55.2 Å². The predicted octanol–water partition coefficient (Wildman–Crippen LogP) is 2.62. The number of fused-ring (bicyclic) bond motifs is 1. The molecule has 4 heterocycles. The Morgan fingerprint density at radius 3 is 2.71 bits per heavy atom. The molecule has 1 aromatic carbocycles. The molecule has 1 fully saturated rings. The second-order valence-corrected chi connectivity index (χ2v) is 7.29. The molecule has 28 heavy (non-hydrogen) atoms. The van der Waals surface area contributed by atoms with Gasteiger partial charge in [0.2, 0.25) is 0 Å². The van der Waals surface area contributed by atoms with Gasteiger partial charge in [-0.15, -0.1) is 0 Å². The van der Waals surface area contributed by atoms with Crippen LogP contribution in [0, 0.1) is 0 Å². The van der Waals surface area contributed by atoms with Crippen LogP contribution >= 0.6 is 0 Å². The van der Waals surface area contributed by atoms with Gasteiger partial charge in [-0.05, 0) is 12.5 Å². The van der Waals surface area contributed by atoms with E-state index in [1.165, 1.54) is 0 Å². The van der Waals surface area contributed by atoms with Crippen molar-refractivity contribution in [3.8, 4) is 16.8 Å². The molecule has 5 rings (SSSR count). The quantitative estimate of drug-likeness (QED) is 0.598. The van der Waals surface area contributed by atoms with E-state index in [0.717, 1.165) is 53.3 Å². The minimum atomic E-state index is 0.372. The fourth-order valence-electron chi connectivity index (χ4n) is 3.99. The molecule has 0 unspecified atom stereocenters. The summed E-state index contributed by atoms with van der Waals surface area (Å²) in [4.78, 5) is 11.8. The normalized spacial score (nSPS) is 17.4. The van der Waals surface area contributed by atoms with Crippen molar-refractivity contribution in [2.24, 2.45) is 7.05 Å². The van der Waals surface area contributed by atoms with Crippen molar-refractivity contribution in [1.82, 2.24) is 29.6 Å². The van der Waals surface area contributed by atoms with Crippen LogP contribution in [0.4, 0.5) is 5.82 Å². The summed E-state index contributed by atoms with van der Waals surface area (Å²) in [6.45, 7) is 5.08. The summed E-state index contributed by atoms with van der Waals surface area (Å²) in [7, 11) is 1.93. The van der Waals surface area contributed by atoms with E-state index < -0.39 is 0 Å². The molecular weight excluding hydrogens is 350 g/mol. The van der Waals surface area contributed by atoms with Crippen molar-refractivity contribution in [2.45, 2.75) is 13.0 Å². The van der Waals surface area contributed by atoms with Crippen LogP contribution in [0.3, 0.4) is 0 Å². The third kappa shape index (κ3) is 2.75. The second-order valence-electron chi connectivity index (χ2n) is 7.29. The minimum absolute atomic E-state index is 0.372. The largest absolute Gasteiger partial charge is 0.351 e. The highest BCUT2D eigenvalue weighted by Gasteiger charge is 2.25. The van der Waals surface area contributed by atoms with Gasteiger partial charge in [-0.1, -0.05) is 30.3 Å². The summed E-state index contributed by atoms with van der Waals surface area (Å²) in [5, 5.41) is 8.89. The van der Waals surface area contributed by atoms with Crippen LogP contribution in [0.1, 0.15) is 6.92 Å². The molecule has 1 atom stereocenters. The molecule has 0 saturated carbocycles. The lowest BCUT2D eigenvalue weighted by Gasteiger charge is -2.35. The summed E-state index contributed by atoms with van der Waals surface area (Å²) in [6, 6.07) is 10.8. The molecule has 0 spiro atoms. The molecular formula is C21H23N7. The lowest BCUT2D eigenvalue weighted by atomic mass is 10.1. The number of aromatic nitrogens is 5. The molecule has 1 saturated heterocycles. The van der Waals surface area contributed by atoms with Gasteiger partial charge in [0.1, 0.15) is 12.1 Å². The molecule has 0 bridgehead atoms. The van der Waals surface area contributed by atoms with Gasteiger partial charge in [0, 0.05) is 50.7 Å². The van der Waals surface area contributed by atoms with Crippen LogP contribution in [-0.4, -0.2) is 50.0 Å². The van der Waals surface area contributed by atoms with E-state index in [0.29, 0.717) is 6.04 Å². The Kier molecular flexibility index (Phi) is 4.09. The average Bonchev–Trinajstić information content (AvgIpc) is 3.32. The van der Waals surface area contributed by atoms with Crippen LogP contribution in [-0.2, 0) is 7.05 Å². The minimum Gasteiger partial charge on any atom is -0.351 e. The van der Waals surface area contributed by atoms with Gasteiger partial charge < -0.3 is 10.2 Å². The first-order valence-corrected chi connectivity index (χ1v) is 9.60. The van der Waals surface area contributed by atoms with Crippen LogP contribution in [0.2, 0.25) is 0 Å². The lowest BCUT2D eigenvalue weighted by Crippen LogP contribution is -2.50. The number of aryl methyl sites for hydroxylation is 1. The zero-order chi connectivity index (χ0) is 19.1. The lowest BCUT2D eigenvalue weighted by molar-refractivity contribution is 0.498. The van der Waals surface area contributed by atoms with E-state index in [4.69, 9.17) is 4.98 Å². The van der Waals surface area contributed by atoms with Crippen LogP contribution in [0.25, 0.3) is 27.8 Å². The number of anilines is 1. The number of hydrogen-bond donors (Lipinski definition) is 1. The van der Waals surface area contributed by atoms with Crippen molar-refractivity contribution in [2.75, 3.05) is 24.5 Å². The van der Waals surface area contributed by atoms with Crippen LogP contribution in [0.5, 0.6) is 0 Å². The summed E-state index contributed by atoms with van der Waals surface area (Å²) < 4.78 is 3.92. The summed E-state index contributed by atoms with van der Waals surface area (Å²) >= 11 is 0. The van der Waals surface area contributed by atoms with Crippen molar-refractivity contribution >= 4 is 16.9 Å². The molecule has 7 heteroatoms. The van der Waals surface area contributed by atoms with Gasteiger partial charge in [0.25, 0.3) is 0 Å². The molecule has 4 aromatic rings. The van der Waals surface area contributed by atoms with E-state index in [2.05, 4.69) is 62.3 Å². The highest BCUT2D eigenvalue weighted by molar-refractivity contribution is 6.02. The molecule has 0 radical (unpaired) electrons. The maximum Gasteiger partial charge on any atom is 0.150 e. The standard InChI is InChI=1S/C21H23N7/c1-15-10-22-8-9-27(15)20-19-18(16-6-4-3-5-7-16)13-28(21(19)24-14-23-20)17-11-25-26(2)12-17/h3-7,11-15,22H,8-10H2,1-2H3/t15-/m0/s1. The van der Waals surface area contributed by atoms with Gasteiger partial charge in [0.15, 0.2) is 5.65 Å². The topological polar surface area (TPSA) is 63.8 Å². The van der Waals surface area contributed by atoms with Crippen molar-refractivity contribution in [1.29, 1.82) is 0 Å². The maximum atomic E-state index is 4.73. The summed E-state index contributed by atoms with van der Waals surface area (Å²) in [6.07, 6.45) is 7.70. The third-order valence-electron chi connectivity index (χ3n) is 5.39. The number of benzene rings is 1. The summed E-state index contributed by atoms with van der Waals surface area (Å²) in [5.41, 5.74) is 4.20. The number of nitrogens with zero attached hydrogens (tertiary/aromatic N) is 6. The monoisotopic (exact) mass is 373 g/mol.